The number of pyridine rings is 1. The van der Waals surface area contributed by atoms with Crippen molar-refractivity contribution in [2.75, 3.05) is 49.6 Å². The molecule has 2 rings (SSSR count). The van der Waals surface area contributed by atoms with E-state index >= 15 is 0 Å². The summed E-state index contributed by atoms with van der Waals surface area (Å²) < 4.78 is 9.70. The number of hydrogen-bond donors (Lipinski definition) is 2. The maximum absolute atomic E-state index is 11.7. The summed E-state index contributed by atoms with van der Waals surface area (Å²) in [7, 11) is 0. The number of esters is 1. The number of nitriles is 1. The van der Waals surface area contributed by atoms with Gasteiger partial charge < -0.3 is 31.7 Å². The Balaban J connectivity index is 0.00000392. The summed E-state index contributed by atoms with van der Waals surface area (Å²) in [6.45, 7) is 6.92. The third-order valence-electron chi connectivity index (χ3n) is 3.96. The molecule has 1 saturated heterocycles. The van der Waals surface area contributed by atoms with E-state index in [2.05, 4.69) is 15.2 Å². The number of amides is 1. The minimum atomic E-state index is -0.582. The first-order chi connectivity index (χ1) is 13.1. The SMILES string of the molecule is CCOC(=O)Nc1ccc(N2CC[NH+](/C=C(\C#N)C(=O)OCC)CC2)nc1.[Cl-]. The molecule has 0 spiro atoms. The normalized spacial score (nSPS) is 14.5. The molecule has 1 aliphatic heterocycles. The lowest BCUT2D eigenvalue weighted by molar-refractivity contribution is -0.847. The number of rotatable bonds is 6. The van der Waals surface area contributed by atoms with Crippen molar-refractivity contribution in [2.24, 2.45) is 0 Å². The molecular formula is C18H24ClN5O4. The van der Waals surface area contributed by atoms with Gasteiger partial charge in [0.15, 0.2) is 5.57 Å². The molecule has 0 bridgehead atoms. The molecule has 1 amide bonds. The van der Waals surface area contributed by atoms with Gasteiger partial charge >= 0.3 is 12.1 Å². The monoisotopic (exact) mass is 409 g/mol. The highest BCUT2D eigenvalue weighted by atomic mass is 35.5. The zero-order chi connectivity index (χ0) is 19.6. The number of ether oxygens (including phenoxy) is 2. The average molecular weight is 410 g/mol. The van der Waals surface area contributed by atoms with Crippen LogP contribution < -0.4 is 27.5 Å². The Kier molecular flexibility index (Phi) is 9.78. The number of carbonyl (C=O) groups excluding carboxylic acids is 2. The standard InChI is InChI=1S/C18H23N5O4.ClH/c1-3-26-17(24)14(11-19)13-22-7-9-23(10-8-22)16-6-5-15(12-20-16)21-18(25)27-4-2;/h5-6,12-13H,3-4,7-10H2,1-2H3,(H,21,25);1H/b14-13+;. The first kappa shape index (κ1) is 23.2. The summed E-state index contributed by atoms with van der Waals surface area (Å²) in [5.41, 5.74) is 0.602. The lowest BCUT2D eigenvalue weighted by Gasteiger charge is -2.31. The van der Waals surface area contributed by atoms with Crippen molar-refractivity contribution < 1.29 is 36.4 Å². The van der Waals surface area contributed by atoms with E-state index in [4.69, 9.17) is 14.7 Å². The highest BCUT2D eigenvalue weighted by molar-refractivity contribution is 5.92. The van der Waals surface area contributed by atoms with Crippen LogP contribution in [0.25, 0.3) is 0 Å². The van der Waals surface area contributed by atoms with Gasteiger partial charge in [-0.1, -0.05) is 0 Å². The average Bonchev–Trinajstić information content (AvgIpc) is 2.67. The molecule has 0 unspecified atom stereocenters. The molecule has 1 aliphatic rings. The fraction of sp³-hybridized carbons (Fsp3) is 0.444. The Morgan fingerprint density at radius 1 is 1.29 bits per heavy atom. The zero-order valence-corrected chi connectivity index (χ0v) is 16.7. The van der Waals surface area contributed by atoms with Gasteiger partial charge in [-0.2, -0.15) is 5.26 Å². The highest BCUT2D eigenvalue weighted by Gasteiger charge is 2.22. The number of carbonyl (C=O) groups is 2. The second-order valence-corrected chi connectivity index (χ2v) is 5.79. The number of anilines is 2. The van der Waals surface area contributed by atoms with Gasteiger partial charge in [0, 0.05) is 0 Å². The van der Waals surface area contributed by atoms with Crippen LogP contribution >= 0.6 is 0 Å². The molecule has 1 aromatic rings. The number of nitrogens with zero attached hydrogens (tertiary/aromatic N) is 3. The van der Waals surface area contributed by atoms with Gasteiger partial charge in [0.25, 0.3) is 0 Å². The van der Waals surface area contributed by atoms with Crippen LogP contribution in [0, 0.1) is 11.3 Å². The fourth-order valence-electron chi connectivity index (χ4n) is 2.65. The second-order valence-electron chi connectivity index (χ2n) is 5.79. The van der Waals surface area contributed by atoms with Crippen LogP contribution in [0.15, 0.2) is 30.1 Å². The Morgan fingerprint density at radius 3 is 2.50 bits per heavy atom. The van der Waals surface area contributed by atoms with Crippen molar-refractivity contribution in [1.82, 2.24) is 4.98 Å². The van der Waals surface area contributed by atoms with Crippen molar-refractivity contribution in [1.29, 1.82) is 5.26 Å². The van der Waals surface area contributed by atoms with Crippen LogP contribution in [-0.2, 0) is 14.3 Å². The maximum Gasteiger partial charge on any atom is 0.411 e. The molecule has 28 heavy (non-hydrogen) atoms. The first-order valence-corrected chi connectivity index (χ1v) is 8.85. The lowest BCUT2D eigenvalue weighted by atomic mass is 10.2. The number of nitrogens with one attached hydrogen (secondary N) is 2. The van der Waals surface area contributed by atoms with Gasteiger partial charge in [0.2, 0.25) is 0 Å². The maximum atomic E-state index is 11.7. The van der Waals surface area contributed by atoms with Gasteiger partial charge in [0.05, 0.1) is 51.3 Å². The number of quaternary nitrogens is 1. The summed E-state index contributed by atoms with van der Waals surface area (Å²) in [6, 6.07) is 5.51. The molecule has 2 heterocycles. The third kappa shape index (κ3) is 6.72. The number of aromatic nitrogens is 1. The molecule has 0 saturated carbocycles. The molecule has 0 atom stereocenters. The fourth-order valence-corrected chi connectivity index (χ4v) is 2.65. The summed E-state index contributed by atoms with van der Waals surface area (Å²) in [5, 5.41) is 11.7. The first-order valence-electron chi connectivity index (χ1n) is 8.85. The van der Waals surface area contributed by atoms with Gasteiger partial charge in [-0.15, -0.1) is 0 Å². The van der Waals surface area contributed by atoms with Crippen LogP contribution in [0.4, 0.5) is 16.3 Å². The van der Waals surface area contributed by atoms with Gasteiger partial charge in [-0.05, 0) is 26.0 Å². The van der Waals surface area contributed by atoms with Crippen molar-refractivity contribution in [2.45, 2.75) is 13.8 Å². The van der Waals surface area contributed by atoms with Gasteiger partial charge in [0.1, 0.15) is 18.1 Å². The quantitative estimate of drug-likeness (QED) is 0.299. The largest absolute Gasteiger partial charge is 1.00 e. The Morgan fingerprint density at radius 2 is 1.96 bits per heavy atom. The van der Waals surface area contributed by atoms with E-state index in [0.717, 1.165) is 36.9 Å². The van der Waals surface area contributed by atoms with Crippen molar-refractivity contribution >= 4 is 23.6 Å². The zero-order valence-electron chi connectivity index (χ0n) is 15.9. The van der Waals surface area contributed by atoms with E-state index in [1.807, 2.05) is 12.1 Å². The van der Waals surface area contributed by atoms with Gasteiger partial charge in [-0.3, -0.25) is 5.32 Å². The van der Waals surface area contributed by atoms with Crippen molar-refractivity contribution in [3.8, 4) is 6.07 Å². The molecule has 0 aromatic carbocycles. The van der Waals surface area contributed by atoms with E-state index in [9.17, 15) is 9.59 Å². The number of halogens is 1. The molecule has 0 radical (unpaired) electrons. The van der Waals surface area contributed by atoms with Crippen molar-refractivity contribution in [3.63, 3.8) is 0 Å². The van der Waals surface area contributed by atoms with E-state index < -0.39 is 12.1 Å². The molecule has 1 fully saturated rings. The number of piperazine rings is 1. The summed E-state index contributed by atoms with van der Waals surface area (Å²) in [6.07, 6.45) is 2.71. The van der Waals surface area contributed by atoms with E-state index in [0.29, 0.717) is 12.3 Å². The van der Waals surface area contributed by atoms with Crippen LogP contribution in [0.3, 0.4) is 0 Å². The van der Waals surface area contributed by atoms with E-state index in [-0.39, 0.29) is 24.6 Å². The Labute approximate surface area is 170 Å². The van der Waals surface area contributed by atoms with Crippen molar-refractivity contribution in [3.05, 3.63) is 30.1 Å². The lowest BCUT2D eigenvalue weighted by Crippen LogP contribution is -3.10. The van der Waals surface area contributed by atoms with E-state index in [1.54, 1.807) is 32.3 Å². The molecule has 10 heteroatoms. The predicted molar refractivity (Wildman–Crippen MR) is 98.1 cm³/mol. The van der Waals surface area contributed by atoms with Gasteiger partial charge in [-0.25, -0.2) is 14.6 Å². The smallest absolute Gasteiger partial charge is 0.411 e. The second kappa shape index (κ2) is 11.8. The van der Waals surface area contributed by atoms with Crippen LogP contribution in [-0.4, -0.2) is 56.4 Å². The topological polar surface area (TPSA) is 109 Å². The van der Waals surface area contributed by atoms with Crippen LogP contribution in [0.1, 0.15) is 13.8 Å². The Hall–Kier alpha value is -2.83. The van der Waals surface area contributed by atoms with Crippen LogP contribution in [0.5, 0.6) is 0 Å². The highest BCUT2D eigenvalue weighted by Crippen LogP contribution is 2.14. The number of hydrogen-bond acceptors (Lipinski definition) is 7. The minimum absolute atomic E-state index is 0. The minimum Gasteiger partial charge on any atom is -1.00 e. The molecular weight excluding hydrogens is 386 g/mol. The van der Waals surface area contributed by atoms with E-state index in [1.165, 1.54) is 0 Å². The third-order valence-corrected chi connectivity index (χ3v) is 3.96. The summed E-state index contributed by atoms with van der Waals surface area (Å²) >= 11 is 0. The predicted octanol–water partition coefficient (Wildman–Crippen LogP) is -2.67. The molecule has 152 valence electrons. The molecule has 9 nitrogen and oxygen atoms in total. The van der Waals surface area contributed by atoms with Crippen LogP contribution in [0.2, 0.25) is 0 Å². The summed E-state index contributed by atoms with van der Waals surface area (Å²) in [5.74, 6) is 0.222. The molecule has 2 N–H and O–H groups in total. The summed E-state index contributed by atoms with van der Waals surface area (Å²) in [4.78, 5) is 30.6. The molecule has 0 aliphatic carbocycles. The Bertz CT molecular complexity index is 724. The molecule has 1 aromatic heterocycles.